The van der Waals surface area contributed by atoms with Crippen molar-refractivity contribution in [2.24, 2.45) is 0 Å². The fourth-order valence-electron chi connectivity index (χ4n) is 4.28. The highest BCUT2D eigenvalue weighted by atomic mass is 19.1. The van der Waals surface area contributed by atoms with Gasteiger partial charge in [-0.3, -0.25) is 4.79 Å². The van der Waals surface area contributed by atoms with Crippen molar-refractivity contribution in [1.29, 1.82) is 0 Å². The molecule has 5 aromatic rings. The van der Waals surface area contributed by atoms with Gasteiger partial charge in [0, 0.05) is 34.9 Å². The number of fused-ring (bicyclic) bond motifs is 1. The molecule has 0 aliphatic rings. The normalized spacial score (nSPS) is 10.9. The van der Waals surface area contributed by atoms with Crippen molar-refractivity contribution in [3.63, 3.8) is 0 Å². The van der Waals surface area contributed by atoms with Gasteiger partial charge in [0.05, 0.1) is 11.2 Å². The van der Waals surface area contributed by atoms with Crippen LogP contribution >= 0.6 is 0 Å². The summed E-state index contributed by atoms with van der Waals surface area (Å²) >= 11 is 0. The van der Waals surface area contributed by atoms with E-state index in [0.717, 1.165) is 16.8 Å². The number of aromatic nitrogens is 5. The van der Waals surface area contributed by atoms with Crippen LogP contribution in [-0.4, -0.2) is 30.4 Å². The van der Waals surface area contributed by atoms with Gasteiger partial charge in [0.25, 0.3) is 0 Å². The highest BCUT2D eigenvalue weighted by molar-refractivity contribution is 5.99. The molecular formula is C28H24FN7O2. The number of carbonyl (C=O) groups excluding carboxylic acids is 1. The van der Waals surface area contributed by atoms with Gasteiger partial charge in [0.2, 0.25) is 5.91 Å². The van der Waals surface area contributed by atoms with Crippen LogP contribution in [0.2, 0.25) is 0 Å². The summed E-state index contributed by atoms with van der Waals surface area (Å²) < 4.78 is 22.8. The number of carbonyl (C=O) groups is 1. The number of nitrogens with two attached hydrogens (primary N) is 1. The Hall–Kier alpha value is -5.12. The molecule has 3 aromatic heterocycles. The largest absolute Gasteiger partial charge is 0.421 e. The molecule has 0 spiro atoms. The first-order chi connectivity index (χ1) is 18.4. The quantitative estimate of drug-likeness (QED) is 0.282. The number of hydrogen-bond donors (Lipinski definition) is 2. The van der Waals surface area contributed by atoms with E-state index in [9.17, 15) is 4.79 Å². The fraction of sp³-hybridized carbons (Fsp3) is 0.107. The van der Waals surface area contributed by atoms with Crippen molar-refractivity contribution < 1.29 is 13.9 Å². The maximum absolute atomic E-state index is 15.3. The summed E-state index contributed by atoms with van der Waals surface area (Å²) in [5.74, 6) is -0.659. The highest BCUT2D eigenvalue weighted by Crippen LogP contribution is 2.39. The van der Waals surface area contributed by atoms with Gasteiger partial charge in [-0.1, -0.05) is 25.6 Å². The first-order valence-corrected chi connectivity index (χ1v) is 11.8. The zero-order chi connectivity index (χ0) is 26.8. The van der Waals surface area contributed by atoms with Gasteiger partial charge < -0.3 is 20.4 Å². The number of benzene rings is 2. The third kappa shape index (κ3) is 4.55. The number of nitrogens with one attached hydrogen (secondary N) is 1. The van der Waals surface area contributed by atoms with Crippen LogP contribution in [0.4, 0.5) is 15.9 Å². The summed E-state index contributed by atoms with van der Waals surface area (Å²) in [6.07, 6.45) is 4.80. The topological polar surface area (TPSA) is 121 Å². The lowest BCUT2D eigenvalue weighted by molar-refractivity contribution is -0.111. The van der Waals surface area contributed by atoms with Crippen LogP contribution in [0.3, 0.4) is 0 Å². The molecule has 190 valence electrons. The van der Waals surface area contributed by atoms with Crippen LogP contribution in [0.15, 0.2) is 73.7 Å². The van der Waals surface area contributed by atoms with E-state index >= 15 is 4.39 Å². The molecule has 0 aliphatic carbocycles. The molecule has 9 nitrogen and oxygen atoms in total. The van der Waals surface area contributed by atoms with Crippen LogP contribution < -0.4 is 15.8 Å². The number of ether oxygens (including phenoxy) is 1. The summed E-state index contributed by atoms with van der Waals surface area (Å²) in [4.78, 5) is 28.6. The van der Waals surface area contributed by atoms with Gasteiger partial charge in [0.15, 0.2) is 17.4 Å². The lowest BCUT2D eigenvalue weighted by Crippen LogP contribution is -2.07. The van der Waals surface area contributed by atoms with Crippen molar-refractivity contribution >= 4 is 28.4 Å². The molecule has 0 aliphatic heterocycles. The minimum Gasteiger partial charge on any atom is -0.421 e. The van der Waals surface area contributed by atoms with E-state index in [0.29, 0.717) is 34.5 Å². The van der Waals surface area contributed by atoms with E-state index in [1.54, 1.807) is 37.4 Å². The number of anilines is 2. The number of aryl methyl sites for hydroxylation is 2. The van der Waals surface area contributed by atoms with Gasteiger partial charge in [-0.2, -0.15) is 0 Å². The molecule has 0 radical (unpaired) electrons. The molecule has 0 atom stereocenters. The minimum atomic E-state index is -0.601. The van der Waals surface area contributed by atoms with Crippen LogP contribution in [0, 0.1) is 12.7 Å². The second-order valence-electron chi connectivity index (χ2n) is 8.44. The van der Waals surface area contributed by atoms with E-state index < -0.39 is 5.82 Å². The van der Waals surface area contributed by atoms with Crippen molar-refractivity contribution in [2.45, 2.75) is 20.3 Å². The van der Waals surface area contributed by atoms with Crippen molar-refractivity contribution in [3.8, 4) is 28.7 Å². The van der Waals surface area contributed by atoms with Crippen LogP contribution in [0.1, 0.15) is 18.2 Å². The second kappa shape index (κ2) is 10.1. The van der Waals surface area contributed by atoms with E-state index in [1.165, 1.54) is 24.5 Å². The van der Waals surface area contributed by atoms with Gasteiger partial charge in [0.1, 0.15) is 11.8 Å². The lowest BCUT2D eigenvalue weighted by Gasteiger charge is -2.15. The lowest BCUT2D eigenvalue weighted by atomic mass is 10.0. The molecule has 2 aromatic carbocycles. The van der Waals surface area contributed by atoms with Crippen LogP contribution in [-0.2, 0) is 11.2 Å². The van der Waals surface area contributed by atoms with E-state index in [-0.39, 0.29) is 23.5 Å². The van der Waals surface area contributed by atoms with Crippen molar-refractivity contribution in [1.82, 2.24) is 24.5 Å². The number of nitrogen functional groups attached to an aromatic ring is 1. The van der Waals surface area contributed by atoms with Crippen molar-refractivity contribution in [3.05, 3.63) is 90.8 Å². The number of hydrogen-bond acceptors (Lipinski definition) is 7. The van der Waals surface area contributed by atoms with E-state index in [2.05, 4.69) is 31.8 Å². The number of amides is 1. The zero-order valence-corrected chi connectivity index (χ0v) is 20.8. The molecule has 5 rings (SSSR count). The highest BCUT2D eigenvalue weighted by Gasteiger charge is 2.23. The SMILES string of the molecule is C=CC(=O)Nc1ccc(-c2c(CC)c3ncnc(N)c3n2-c2ccc(Oc3nccc(C)n3)c(F)c2)cc1. The van der Waals surface area contributed by atoms with Crippen molar-refractivity contribution in [2.75, 3.05) is 11.1 Å². The molecule has 0 saturated heterocycles. The molecule has 10 heteroatoms. The standard InChI is InChI=1S/C28H24FN7O2/c1-4-20-24-26(27(30)33-15-32-24)36(25(20)17-6-8-18(9-7-17)35-23(37)5-2)19-10-11-22(21(29)14-19)38-28-31-13-12-16(3)34-28/h5-15H,2,4H2,1,3H3,(H,35,37)(H2,30,32,33). The third-order valence-corrected chi connectivity index (χ3v) is 5.98. The van der Waals surface area contributed by atoms with Gasteiger partial charge in [-0.25, -0.2) is 24.3 Å². The average Bonchev–Trinajstić information content (AvgIpc) is 3.26. The third-order valence-electron chi connectivity index (χ3n) is 5.98. The Kier molecular flexibility index (Phi) is 6.53. The van der Waals surface area contributed by atoms with Gasteiger partial charge >= 0.3 is 6.01 Å². The molecule has 3 heterocycles. The Morgan fingerprint density at radius 2 is 1.95 bits per heavy atom. The minimum absolute atomic E-state index is 0.0142. The number of rotatable bonds is 7. The maximum Gasteiger partial charge on any atom is 0.322 e. The summed E-state index contributed by atoms with van der Waals surface area (Å²) in [6.45, 7) is 7.28. The predicted octanol–water partition coefficient (Wildman–Crippen LogP) is 5.39. The van der Waals surface area contributed by atoms with Gasteiger partial charge in [-0.05, 0) is 55.3 Å². The van der Waals surface area contributed by atoms with Gasteiger partial charge in [-0.15, -0.1) is 0 Å². The summed E-state index contributed by atoms with van der Waals surface area (Å²) in [6, 6.07) is 13.7. The molecule has 1 amide bonds. The fourth-order valence-corrected chi connectivity index (χ4v) is 4.28. The molecule has 0 unspecified atom stereocenters. The Morgan fingerprint density at radius 3 is 2.63 bits per heavy atom. The molecule has 0 fully saturated rings. The van der Waals surface area contributed by atoms with E-state index in [1.807, 2.05) is 23.6 Å². The van der Waals surface area contributed by atoms with Crippen LogP contribution in [0.5, 0.6) is 11.8 Å². The Bertz CT molecular complexity index is 1680. The van der Waals surface area contributed by atoms with E-state index in [4.69, 9.17) is 10.5 Å². The predicted molar refractivity (Wildman–Crippen MR) is 144 cm³/mol. The smallest absolute Gasteiger partial charge is 0.322 e. The monoisotopic (exact) mass is 509 g/mol. The average molecular weight is 510 g/mol. The first-order valence-electron chi connectivity index (χ1n) is 11.8. The molecule has 0 bridgehead atoms. The summed E-state index contributed by atoms with van der Waals surface area (Å²) in [5, 5.41) is 2.74. The Labute approximate surface area is 217 Å². The molecule has 38 heavy (non-hydrogen) atoms. The Balaban J connectivity index is 1.66. The number of nitrogens with zero attached hydrogens (tertiary/aromatic N) is 5. The molecule has 3 N–H and O–H groups in total. The number of halogens is 1. The van der Waals surface area contributed by atoms with Crippen LogP contribution in [0.25, 0.3) is 28.0 Å². The molecular weight excluding hydrogens is 485 g/mol. The Morgan fingerprint density at radius 1 is 1.16 bits per heavy atom. The zero-order valence-electron chi connectivity index (χ0n) is 20.8. The first kappa shape index (κ1) is 24.6. The summed E-state index contributed by atoms with van der Waals surface area (Å²) in [5.41, 5.74) is 11.9. The maximum atomic E-state index is 15.3. The second-order valence-corrected chi connectivity index (χ2v) is 8.44. The summed E-state index contributed by atoms with van der Waals surface area (Å²) in [7, 11) is 0. The molecule has 0 saturated carbocycles.